The van der Waals surface area contributed by atoms with Crippen molar-refractivity contribution < 1.29 is 9.53 Å². The van der Waals surface area contributed by atoms with Gasteiger partial charge in [0, 0.05) is 36.1 Å². The van der Waals surface area contributed by atoms with Gasteiger partial charge in [-0.2, -0.15) is 0 Å². The average Bonchev–Trinajstić information content (AvgIpc) is 3.03. The minimum atomic E-state index is -0.492. The number of amides is 1. The van der Waals surface area contributed by atoms with Crippen LogP contribution in [-0.2, 0) is 11.3 Å². The Morgan fingerprint density at radius 3 is 2.37 bits per heavy atom. The summed E-state index contributed by atoms with van der Waals surface area (Å²) in [5, 5.41) is 4.16. The van der Waals surface area contributed by atoms with Crippen molar-refractivity contribution in [3.05, 3.63) is 60.3 Å². The number of carbonyl (C=O) groups excluding carboxylic acids is 1. The summed E-state index contributed by atoms with van der Waals surface area (Å²) in [5.41, 5.74) is 4.44. The lowest BCUT2D eigenvalue weighted by atomic mass is 9.98. The molecule has 4 heteroatoms. The van der Waals surface area contributed by atoms with Crippen LogP contribution in [0.15, 0.2) is 54.7 Å². The number of ether oxygens (including phenoxy) is 1. The summed E-state index contributed by atoms with van der Waals surface area (Å²) in [6.07, 6.45) is 1.88. The van der Waals surface area contributed by atoms with Crippen LogP contribution >= 0.6 is 0 Å². The normalized spacial score (nSPS) is 12.9. The molecule has 1 amide bonds. The molecule has 0 bridgehead atoms. The molecule has 0 fully saturated rings. The lowest BCUT2D eigenvalue weighted by molar-refractivity contribution is 0.0525. The van der Waals surface area contributed by atoms with Gasteiger partial charge in [-0.3, -0.25) is 0 Å². The molecule has 0 aliphatic carbocycles. The molecule has 30 heavy (non-hydrogen) atoms. The van der Waals surface area contributed by atoms with Crippen molar-refractivity contribution in [2.75, 3.05) is 6.54 Å². The molecule has 1 unspecified atom stereocenters. The van der Waals surface area contributed by atoms with E-state index >= 15 is 0 Å². The molecule has 0 saturated carbocycles. The van der Waals surface area contributed by atoms with Crippen molar-refractivity contribution in [1.29, 1.82) is 0 Å². The number of carbonyl (C=O) groups is 1. The van der Waals surface area contributed by atoms with E-state index in [-0.39, 0.29) is 12.0 Å². The zero-order valence-corrected chi connectivity index (χ0v) is 19.0. The quantitative estimate of drug-likeness (QED) is 0.501. The van der Waals surface area contributed by atoms with Gasteiger partial charge in [-0.1, -0.05) is 63.2 Å². The van der Waals surface area contributed by atoms with Crippen molar-refractivity contribution in [2.24, 2.45) is 5.92 Å². The minimum Gasteiger partial charge on any atom is -0.444 e. The molecule has 0 saturated heterocycles. The SMILES string of the molecule is CC(C)Cn1cc(C(C)CNC(=O)OC(C)(C)C)c2ccc(-c3ccccc3)cc21. The first-order valence-electron chi connectivity index (χ1n) is 10.8. The van der Waals surface area contributed by atoms with Gasteiger partial charge in [-0.05, 0) is 49.4 Å². The first-order chi connectivity index (χ1) is 14.1. The van der Waals surface area contributed by atoms with Gasteiger partial charge in [0.15, 0.2) is 0 Å². The van der Waals surface area contributed by atoms with E-state index in [0.29, 0.717) is 12.5 Å². The maximum atomic E-state index is 12.1. The molecule has 1 heterocycles. The van der Waals surface area contributed by atoms with Gasteiger partial charge < -0.3 is 14.6 Å². The predicted octanol–water partition coefficient (Wildman–Crippen LogP) is 6.59. The zero-order chi connectivity index (χ0) is 21.9. The van der Waals surface area contributed by atoms with Crippen LogP contribution in [0.1, 0.15) is 53.0 Å². The summed E-state index contributed by atoms with van der Waals surface area (Å²) in [7, 11) is 0. The highest BCUT2D eigenvalue weighted by Crippen LogP contribution is 2.32. The van der Waals surface area contributed by atoms with Gasteiger partial charge in [0.2, 0.25) is 0 Å². The Labute approximate surface area is 180 Å². The van der Waals surface area contributed by atoms with E-state index in [1.54, 1.807) is 0 Å². The van der Waals surface area contributed by atoms with Crippen molar-refractivity contribution in [3.63, 3.8) is 0 Å². The van der Waals surface area contributed by atoms with Gasteiger partial charge in [-0.15, -0.1) is 0 Å². The smallest absolute Gasteiger partial charge is 0.407 e. The molecule has 0 aliphatic heterocycles. The minimum absolute atomic E-state index is 0.177. The zero-order valence-electron chi connectivity index (χ0n) is 19.0. The second kappa shape index (κ2) is 8.95. The Kier molecular flexibility index (Phi) is 6.55. The third-order valence-corrected chi connectivity index (χ3v) is 5.06. The molecule has 4 nitrogen and oxygen atoms in total. The first kappa shape index (κ1) is 21.9. The molecular weight excluding hydrogens is 372 g/mol. The highest BCUT2D eigenvalue weighted by molar-refractivity contribution is 5.89. The number of benzene rings is 2. The summed E-state index contributed by atoms with van der Waals surface area (Å²) in [6, 6.07) is 17.2. The first-order valence-corrected chi connectivity index (χ1v) is 10.8. The molecule has 160 valence electrons. The lowest BCUT2D eigenvalue weighted by Crippen LogP contribution is -2.34. The monoisotopic (exact) mass is 406 g/mol. The molecule has 3 rings (SSSR count). The average molecular weight is 407 g/mol. The predicted molar refractivity (Wildman–Crippen MR) is 125 cm³/mol. The van der Waals surface area contributed by atoms with E-state index in [1.165, 1.54) is 27.6 Å². The lowest BCUT2D eigenvalue weighted by Gasteiger charge is -2.20. The van der Waals surface area contributed by atoms with Crippen LogP contribution in [0.5, 0.6) is 0 Å². The number of nitrogens with zero attached hydrogens (tertiary/aromatic N) is 1. The van der Waals surface area contributed by atoms with Crippen LogP contribution < -0.4 is 5.32 Å². The molecule has 1 aromatic heterocycles. The number of nitrogens with one attached hydrogen (secondary N) is 1. The second-order valence-electron chi connectivity index (χ2n) is 9.51. The molecule has 1 atom stereocenters. The summed E-state index contributed by atoms with van der Waals surface area (Å²) in [6.45, 7) is 13.7. The summed E-state index contributed by atoms with van der Waals surface area (Å²) in [5.74, 6) is 0.722. The Morgan fingerprint density at radius 1 is 1.03 bits per heavy atom. The van der Waals surface area contributed by atoms with Gasteiger partial charge in [0.1, 0.15) is 5.60 Å². The van der Waals surface area contributed by atoms with Crippen molar-refractivity contribution in [2.45, 2.75) is 59.6 Å². The number of alkyl carbamates (subject to hydrolysis) is 1. The van der Waals surface area contributed by atoms with Crippen LogP contribution in [0.2, 0.25) is 0 Å². The molecule has 2 aromatic carbocycles. The highest BCUT2D eigenvalue weighted by Gasteiger charge is 2.19. The van der Waals surface area contributed by atoms with Crippen molar-refractivity contribution >= 4 is 17.0 Å². The third-order valence-electron chi connectivity index (χ3n) is 5.06. The van der Waals surface area contributed by atoms with Crippen LogP contribution in [0, 0.1) is 5.92 Å². The van der Waals surface area contributed by atoms with Crippen LogP contribution in [0.3, 0.4) is 0 Å². The van der Waals surface area contributed by atoms with Gasteiger partial charge in [0.05, 0.1) is 0 Å². The van der Waals surface area contributed by atoms with Crippen LogP contribution in [0.4, 0.5) is 4.79 Å². The van der Waals surface area contributed by atoms with E-state index in [0.717, 1.165) is 6.54 Å². The summed E-state index contributed by atoms with van der Waals surface area (Å²) in [4.78, 5) is 12.1. The van der Waals surface area contributed by atoms with Crippen LogP contribution in [0.25, 0.3) is 22.0 Å². The van der Waals surface area contributed by atoms with Crippen molar-refractivity contribution in [1.82, 2.24) is 9.88 Å². The largest absolute Gasteiger partial charge is 0.444 e. The summed E-state index contributed by atoms with van der Waals surface area (Å²) < 4.78 is 7.73. The number of rotatable bonds is 6. The van der Waals surface area contributed by atoms with E-state index in [4.69, 9.17) is 4.74 Å². The number of fused-ring (bicyclic) bond motifs is 1. The molecule has 0 spiro atoms. The fourth-order valence-electron chi connectivity index (χ4n) is 3.73. The van der Waals surface area contributed by atoms with Crippen LogP contribution in [-0.4, -0.2) is 22.8 Å². The molecule has 0 aliphatic rings. The summed E-state index contributed by atoms with van der Waals surface area (Å²) >= 11 is 0. The Balaban J connectivity index is 1.90. The van der Waals surface area contributed by atoms with Crippen molar-refractivity contribution in [3.8, 4) is 11.1 Å². The molecule has 0 radical (unpaired) electrons. The van der Waals surface area contributed by atoms with Gasteiger partial charge >= 0.3 is 6.09 Å². The Morgan fingerprint density at radius 2 is 1.73 bits per heavy atom. The number of hydrogen-bond acceptors (Lipinski definition) is 2. The standard InChI is InChI=1S/C26H34N2O2/c1-18(2)16-28-17-23(19(3)15-27-25(29)30-26(4,5)6)22-13-12-21(14-24(22)28)20-10-8-7-9-11-20/h7-14,17-19H,15-16H2,1-6H3,(H,27,29). The highest BCUT2D eigenvalue weighted by atomic mass is 16.6. The molecular formula is C26H34N2O2. The Hall–Kier alpha value is -2.75. The van der Waals surface area contributed by atoms with E-state index < -0.39 is 5.60 Å². The maximum absolute atomic E-state index is 12.1. The third kappa shape index (κ3) is 5.44. The fourth-order valence-corrected chi connectivity index (χ4v) is 3.73. The maximum Gasteiger partial charge on any atom is 0.407 e. The second-order valence-corrected chi connectivity index (χ2v) is 9.51. The Bertz CT molecular complexity index is 997. The fraction of sp³-hybridized carbons (Fsp3) is 0.423. The molecule has 3 aromatic rings. The number of aromatic nitrogens is 1. The van der Waals surface area contributed by atoms with E-state index in [1.807, 2.05) is 26.8 Å². The molecule has 1 N–H and O–H groups in total. The van der Waals surface area contributed by atoms with Gasteiger partial charge in [-0.25, -0.2) is 4.79 Å². The van der Waals surface area contributed by atoms with E-state index in [9.17, 15) is 4.79 Å². The van der Waals surface area contributed by atoms with E-state index in [2.05, 4.69) is 79.3 Å². The topological polar surface area (TPSA) is 43.3 Å². The van der Waals surface area contributed by atoms with Gasteiger partial charge in [0.25, 0.3) is 0 Å². The number of hydrogen-bond donors (Lipinski definition) is 1.